The number of Topliss-reactive ketones (excluding diaryl/α,β-unsaturated/α-hetero) is 1. The van der Waals surface area contributed by atoms with Gasteiger partial charge in [0.05, 0.1) is 13.3 Å². The van der Waals surface area contributed by atoms with Crippen LogP contribution in [0.2, 0.25) is 0 Å². The lowest BCUT2D eigenvalue weighted by Crippen LogP contribution is -2.12. The number of benzene rings is 2. The van der Waals surface area contributed by atoms with Gasteiger partial charge in [-0.05, 0) is 43.5 Å². The Morgan fingerprint density at radius 2 is 1.89 bits per heavy atom. The van der Waals surface area contributed by atoms with E-state index in [1.165, 1.54) is 32.0 Å². The molecule has 3 rings (SSSR count). The first kappa shape index (κ1) is 19.7. The maximum atomic E-state index is 12.8. The molecule has 6 nitrogen and oxygen atoms in total. The zero-order valence-corrected chi connectivity index (χ0v) is 16.7. The second-order valence-corrected chi connectivity index (χ2v) is 6.73. The Hall–Kier alpha value is -3.06. The van der Waals surface area contributed by atoms with Gasteiger partial charge in [-0.3, -0.25) is 9.36 Å². The van der Waals surface area contributed by atoms with E-state index in [0.717, 1.165) is 5.69 Å². The van der Waals surface area contributed by atoms with Crippen molar-refractivity contribution in [1.82, 2.24) is 9.55 Å². The molecule has 0 saturated carbocycles. The summed E-state index contributed by atoms with van der Waals surface area (Å²) < 4.78 is 12.6. The van der Waals surface area contributed by atoms with Crippen LogP contribution in [0.3, 0.4) is 0 Å². The number of methoxy groups -OCH3 is 1. The molecule has 0 aliphatic rings. The van der Waals surface area contributed by atoms with Gasteiger partial charge < -0.3 is 9.47 Å². The van der Waals surface area contributed by atoms with Gasteiger partial charge in [0, 0.05) is 16.8 Å². The highest BCUT2D eigenvalue weighted by molar-refractivity contribution is 7.98. The van der Waals surface area contributed by atoms with Crippen LogP contribution in [0.5, 0.6) is 5.75 Å². The lowest BCUT2D eigenvalue weighted by Gasteiger charge is -2.12. The first-order valence-corrected chi connectivity index (χ1v) is 9.79. The molecular formula is C21H20N2O4S. The van der Waals surface area contributed by atoms with Gasteiger partial charge in [-0.15, -0.1) is 0 Å². The van der Waals surface area contributed by atoms with Crippen LogP contribution in [-0.2, 0) is 11.3 Å². The minimum Gasteiger partial charge on any atom is -0.496 e. The van der Waals surface area contributed by atoms with Gasteiger partial charge in [0.1, 0.15) is 12.4 Å². The Morgan fingerprint density at radius 1 is 1.14 bits per heavy atom. The molecular weight excluding hydrogens is 376 g/mol. The third-order valence-corrected chi connectivity index (χ3v) is 4.83. The predicted octanol–water partition coefficient (Wildman–Crippen LogP) is 4.16. The second-order valence-electron chi connectivity index (χ2n) is 5.96. The summed E-state index contributed by atoms with van der Waals surface area (Å²) in [6, 6.07) is 14.6. The monoisotopic (exact) mass is 396 g/mol. The number of esters is 1. The molecule has 1 aromatic heterocycles. The lowest BCUT2D eigenvalue weighted by atomic mass is 10.1. The van der Waals surface area contributed by atoms with Crippen molar-refractivity contribution in [3.8, 4) is 11.4 Å². The molecule has 7 heteroatoms. The van der Waals surface area contributed by atoms with Crippen molar-refractivity contribution >= 4 is 23.5 Å². The number of carbonyl (C=O) groups is 2. The topological polar surface area (TPSA) is 70.4 Å². The Labute approximate surface area is 167 Å². The van der Waals surface area contributed by atoms with Crippen LogP contribution in [0.15, 0.2) is 59.9 Å². The van der Waals surface area contributed by atoms with Crippen molar-refractivity contribution in [3.63, 3.8) is 0 Å². The number of thioether (sulfide) groups is 1. The minimum absolute atomic E-state index is 0.0162. The number of ketones is 1. The van der Waals surface area contributed by atoms with Crippen LogP contribution >= 0.6 is 11.8 Å². The summed E-state index contributed by atoms with van der Waals surface area (Å²) in [5, 5.41) is 0.689. The number of para-hydroxylation sites is 1. The van der Waals surface area contributed by atoms with Gasteiger partial charge in [0.2, 0.25) is 0 Å². The van der Waals surface area contributed by atoms with Crippen LogP contribution in [0, 0.1) is 0 Å². The maximum Gasteiger partial charge on any atom is 0.357 e. The summed E-state index contributed by atoms with van der Waals surface area (Å²) in [6.45, 7) is 1.47. The lowest BCUT2D eigenvalue weighted by molar-refractivity contribution is 0.0460. The van der Waals surface area contributed by atoms with Crippen molar-refractivity contribution in [2.45, 2.75) is 18.7 Å². The molecule has 3 aromatic rings. The molecule has 0 aliphatic carbocycles. The molecule has 28 heavy (non-hydrogen) atoms. The quantitative estimate of drug-likeness (QED) is 0.339. The summed E-state index contributed by atoms with van der Waals surface area (Å²) in [5.41, 5.74) is 2.31. The summed E-state index contributed by atoms with van der Waals surface area (Å²) in [4.78, 5) is 28.7. The van der Waals surface area contributed by atoms with E-state index in [2.05, 4.69) is 4.98 Å². The van der Waals surface area contributed by atoms with Gasteiger partial charge >= 0.3 is 5.97 Å². The van der Waals surface area contributed by atoms with Gasteiger partial charge in [-0.25, -0.2) is 9.78 Å². The van der Waals surface area contributed by atoms with E-state index < -0.39 is 5.97 Å². The van der Waals surface area contributed by atoms with Crippen LogP contribution < -0.4 is 4.74 Å². The molecule has 0 N–H and O–H groups in total. The zero-order valence-electron chi connectivity index (χ0n) is 15.8. The highest BCUT2D eigenvalue weighted by atomic mass is 32.2. The standard InChI is InChI=1S/C21H20N2O4S/c1-14(24)15-9-10-19(26-2)16(11-15)13-27-20(25)18-12-22-21(28-3)23(18)17-7-5-4-6-8-17/h4-12H,13H2,1-3H3. The molecule has 0 atom stereocenters. The number of hydrogen-bond donors (Lipinski definition) is 0. The van der Waals surface area contributed by atoms with Crippen LogP contribution in [0.1, 0.15) is 33.3 Å². The van der Waals surface area contributed by atoms with Crippen molar-refractivity contribution in [3.05, 3.63) is 71.5 Å². The van der Waals surface area contributed by atoms with E-state index in [4.69, 9.17) is 9.47 Å². The SMILES string of the molecule is COc1ccc(C(C)=O)cc1COC(=O)c1cnc(SC)n1-c1ccccc1. The number of ether oxygens (including phenoxy) is 2. The minimum atomic E-state index is -0.507. The van der Waals surface area contributed by atoms with E-state index in [-0.39, 0.29) is 12.4 Å². The van der Waals surface area contributed by atoms with Crippen LogP contribution in [0.4, 0.5) is 0 Å². The summed E-state index contributed by atoms with van der Waals surface area (Å²) in [5.74, 6) is -0.0203. The van der Waals surface area contributed by atoms with Gasteiger partial charge in [-0.1, -0.05) is 30.0 Å². The van der Waals surface area contributed by atoms with Crippen LogP contribution in [0.25, 0.3) is 5.69 Å². The zero-order chi connectivity index (χ0) is 20.1. The van der Waals surface area contributed by atoms with E-state index >= 15 is 0 Å². The Kier molecular flexibility index (Phi) is 6.16. The number of nitrogens with zero attached hydrogens (tertiary/aromatic N) is 2. The van der Waals surface area contributed by atoms with Crippen molar-refractivity contribution in [2.75, 3.05) is 13.4 Å². The largest absolute Gasteiger partial charge is 0.496 e. The predicted molar refractivity (Wildman–Crippen MR) is 107 cm³/mol. The molecule has 0 amide bonds. The fourth-order valence-corrected chi connectivity index (χ4v) is 3.32. The Balaban J connectivity index is 1.86. The second kappa shape index (κ2) is 8.75. The van der Waals surface area contributed by atoms with E-state index in [9.17, 15) is 9.59 Å². The van der Waals surface area contributed by atoms with Gasteiger partial charge in [-0.2, -0.15) is 0 Å². The first-order valence-electron chi connectivity index (χ1n) is 8.57. The third-order valence-electron chi connectivity index (χ3n) is 4.18. The summed E-state index contributed by atoms with van der Waals surface area (Å²) in [7, 11) is 1.53. The van der Waals surface area contributed by atoms with Gasteiger partial charge in [0.25, 0.3) is 0 Å². The van der Waals surface area contributed by atoms with Crippen molar-refractivity contribution in [1.29, 1.82) is 0 Å². The number of imidazole rings is 1. The Bertz CT molecular complexity index is 999. The molecule has 1 heterocycles. The molecule has 0 radical (unpaired) electrons. The molecule has 0 unspecified atom stereocenters. The van der Waals surface area contributed by atoms with Crippen LogP contribution in [-0.4, -0.2) is 34.7 Å². The average molecular weight is 396 g/mol. The van der Waals surface area contributed by atoms with E-state index in [0.29, 0.717) is 27.7 Å². The van der Waals surface area contributed by atoms with Crippen molar-refractivity contribution in [2.24, 2.45) is 0 Å². The molecule has 2 aromatic carbocycles. The molecule has 0 bridgehead atoms. The molecule has 0 saturated heterocycles. The highest BCUT2D eigenvalue weighted by Gasteiger charge is 2.19. The fourth-order valence-electron chi connectivity index (χ4n) is 2.78. The highest BCUT2D eigenvalue weighted by Crippen LogP contribution is 2.24. The smallest absolute Gasteiger partial charge is 0.357 e. The van der Waals surface area contributed by atoms with Crippen molar-refractivity contribution < 1.29 is 19.1 Å². The molecule has 0 spiro atoms. The number of hydrogen-bond acceptors (Lipinski definition) is 6. The fraction of sp³-hybridized carbons (Fsp3) is 0.190. The normalized spacial score (nSPS) is 10.5. The van der Waals surface area contributed by atoms with Gasteiger partial charge in [0.15, 0.2) is 16.6 Å². The molecule has 0 aliphatic heterocycles. The summed E-state index contributed by atoms with van der Waals surface area (Å²) >= 11 is 1.44. The Morgan fingerprint density at radius 3 is 2.54 bits per heavy atom. The maximum absolute atomic E-state index is 12.8. The van der Waals surface area contributed by atoms with E-state index in [1.807, 2.05) is 36.6 Å². The molecule has 144 valence electrons. The number of aromatic nitrogens is 2. The third kappa shape index (κ3) is 4.09. The number of rotatable bonds is 7. The molecule has 0 fully saturated rings. The van der Waals surface area contributed by atoms with E-state index in [1.54, 1.807) is 22.8 Å². The average Bonchev–Trinajstić information content (AvgIpc) is 3.16. The summed E-state index contributed by atoms with van der Waals surface area (Å²) in [6.07, 6.45) is 3.40. The number of carbonyl (C=O) groups excluding carboxylic acids is 2. The first-order chi connectivity index (χ1) is 13.5.